The van der Waals surface area contributed by atoms with Gasteiger partial charge in [0.1, 0.15) is 16.5 Å². The van der Waals surface area contributed by atoms with Crippen LogP contribution >= 0.6 is 27.5 Å². The molecule has 0 radical (unpaired) electrons. The third kappa shape index (κ3) is 5.65. The van der Waals surface area contributed by atoms with E-state index in [9.17, 15) is 17.6 Å². The summed E-state index contributed by atoms with van der Waals surface area (Å²) in [6.45, 7) is 3.30. The number of benzene rings is 2. The number of anilines is 1. The summed E-state index contributed by atoms with van der Waals surface area (Å²) in [5, 5.41) is 2.55. The number of rotatable bonds is 7. The summed E-state index contributed by atoms with van der Waals surface area (Å²) in [6.07, 6.45) is 0. The predicted molar refractivity (Wildman–Crippen MR) is 105 cm³/mol. The minimum Gasteiger partial charge on any atom is -0.492 e. The molecule has 10 heteroatoms. The molecule has 0 aliphatic carbocycles. The zero-order valence-electron chi connectivity index (χ0n) is 14.4. The van der Waals surface area contributed by atoms with Crippen molar-refractivity contribution in [1.29, 1.82) is 0 Å². The van der Waals surface area contributed by atoms with E-state index in [1.54, 1.807) is 13.0 Å². The molecule has 2 aromatic carbocycles. The van der Waals surface area contributed by atoms with Gasteiger partial charge in [-0.3, -0.25) is 4.79 Å². The van der Waals surface area contributed by atoms with Crippen LogP contribution in [0.5, 0.6) is 5.75 Å². The average Bonchev–Trinajstić information content (AvgIpc) is 2.58. The molecule has 0 fully saturated rings. The maximum Gasteiger partial charge on any atom is 0.245 e. The Bertz CT molecular complexity index is 956. The second kappa shape index (κ2) is 9.01. The molecular weight excluding hydrogens is 463 g/mol. The first-order valence-electron chi connectivity index (χ1n) is 7.84. The monoisotopic (exact) mass is 478 g/mol. The summed E-state index contributed by atoms with van der Waals surface area (Å²) in [5.41, 5.74) is -0.0630. The summed E-state index contributed by atoms with van der Waals surface area (Å²) in [7, 11) is -4.11. The molecule has 0 aliphatic heterocycles. The quantitative estimate of drug-likeness (QED) is 0.630. The second-order valence-corrected chi connectivity index (χ2v) is 8.51. The lowest BCUT2D eigenvalue weighted by molar-refractivity contribution is -0.117. The summed E-state index contributed by atoms with van der Waals surface area (Å²) < 4.78 is 47.2. The molecule has 0 spiro atoms. The number of ether oxygens (including phenoxy) is 1. The van der Waals surface area contributed by atoms with Crippen molar-refractivity contribution in [2.45, 2.75) is 24.8 Å². The lowest BCUT2D eigenvalue weighted by Crippen LogP contribution is -2.41. The van der Waals surface area contributed by atoms with Crippen LogP contribution in [-0.4, -0.2) is 27.0 Å². The Balaban J connectivity index is 2.19. The van der Waals surface area contributed by atoms with Crippen LogP contribution in [0.1, 0.15) is 13.8 Å². The third-order valence-electron chi connectivity index (χ3n) is 3.41. The van der Waals surface area contributed by atoms with Gasteiger partial charge < -0.3 is 10.1 Å². The van der Waals surface area contributed by atoms with Gasteiger partial charge in [-0.15, -0.1) is 0 Å². The first-order valence-corrected chi connectivity index (χ1v) is 10.5. The zero-order chi connectivity index (χ0) is 20.2. The molecule has 1 unspecified atom stereocenters. The van der Waals surface area contributed by atoms with E-state index in [1.165, 1.54) is 37.3 Å². The number of hydrogen-bond acceptors (Lipinski definition) is 4. The summed E-state index contributed by atoms with van der Waals surface area (Å²) in [6, 6.07) is 7.08. The second-order valence-electron chi connectivity index (χ2n) is 5.48. The molecule has 2 aromatic rings. The van der Waals surface area contributed by atoms with Crippen molar-refractivity contribution in [1.82, 2.24) is 4.72 Å². The van der Waals surface area contributed by atoms with Gasteiger partial charge >= 0.3 is 0 Å². The molecule has 2 rings (SSSR count). The van der Waals surface area contributed by atoms with Gasteiger partial charge in [-0.25, -0.2) is 12.8 Å². The van der Waals surface area contributed by atoms with Gasteiger partial charge in [0.15, 0.2) is 0 Å². The van der Waals surface area contributed by atoms with E-state index in [0.717, 1.165) is 0 Å². The van der Waals surface area contributed by atoms with Crippen molar-refractivity contribution in [2.24, 2.45) is 0 Å². The van der Waals surface area contributed by atoms with Gasteiger partial charge in [-0.2, -0.15) is 4.72 Å². The van der Waals surface area contributed by atoms with E-state index in [2.05, 4.69) is 26.0 Å². The van der Waals surface area contributed by atoms with E-state index in [-0.39, 0.29) is 28.0 Å². The van der Waals surface area contributed by atoms with Crippen molar-refractivity contribution < 1.29 is 22.3 Å². The lowest BCUT2D eigenvalue weighted by atomic mass is 10.2. The Kier molecular flexibility index (Phi) is 7.21. The van der Waals surface area contributed by atoms with Crippen molar-refractivity contribution in [3.05, 3.63) is 51.7 Å². The van der Waals surface area contributed by atoms with Crippen LogP contribution in [0.3, 0.4) is 0 Å². The molecule has 146 valence electrons. The standard InChI is InChI=1S/C17H17BrClFN2O4S/c1-3-26-15-7-5-12(19)9-16(15)27(24,25)22-10(2)17(23)21-14-6-4-11(18)8-13(14)20/h4-10,22H,3H2,1-2H3,(H,21,23). The summed E-state index contributed by atoms with van der Waals surface area (Å²) in [5.74, 6) is -1.26. The van der Waals surface area contributed by atoms with E-state index in [0.29, 0.717) is 4.47 Å². The van der Waals surface area contributed by atoms with Crippen LogP contribution in [0.15, 0.2) is 45.8 Å². The number of nitrogens with one attached hydrogen (secondary N) is 2. The number of carbonyl (C=O) groups excluding carboxylic acids is 1. The highest BCUT2D eigenvalue weighted by atomic mass is 79.9. The van der Waals surface area contributed by atoms with Gasteiger partial charge in [0.2, 0.25) is 15.9 Å². The minimum atomic E-state index is -4.11. The number of halogens is 3. The molecule has 2 N–H and O–H groups in total. The van der Waals surface area contributed by atoms with Crippen LogP contribution in [0, 0.1) is 5.82 Å². The normalized spacial score (nSPS) is 12.5. The fraction of sp³-hybridized carbons (Fsp3) is 0.235. The number of hydrogen-bond donors (Lipinski definition) is 2. The third-order valence-corrected chi connectivity index (χ3v) is 5.70. The van der Waals surface area contributed by atoms with E-state index in [4.69, 9.17) is 16.3 Å². The number of sulfonamides is 1. The van der Waals surface area contributed by atoms with Crippen LogP contribution in [0.25, 0.3) is 0 Å². The number of carbonyl (C=O) groups is 1. The molecule has 0 saturated carbocycles. The van der Waals surface area contributed by atoms with Gasteiger partial charge in [0, 0.05) is 9.50 Å². The smallest absolute Gasteiger partial charge is 0.245 e. The SMILES string of the molecule is CCOc1ccc(Cl)cc1S(=O)(=O)NC(C)C(=O)Nc1ccc(Br)cc1F. The Hall–Kier alpha value is -1.68. The molecule has 1 atom stereocenters. The Morgan fingerprint density at radius 2 is 2.00 bits per heavy atom. The zero-order valence-corrected chi connectivity index (χ0v) is 17.6. The van der Waals surface area contributed by atoms with E-state index in [1.807, 2.05) is 0 Å². The topological polar surface area (TPSA) is 84.5 Å². The largest absolute Gasteiger partial charge is 0.492 e. The van der Waals surface area contributed by atoms with E-state index < -0.39 is 27.8 Å². The maximum absolute atomic E-state index is 13.8. The van der Waals surface area contributed by atoms with Crippen LogP contribution in [-0.2, 0) is 14.8 Å². The van der Waals surface area contributed by atoms with E-state index >= 15 is 0 Å². The molecule has 1 amide bonds. The predicted octanol–water partition coefficient (Wildman–Crippen LogP) is 3.95. The van der Waals surface area contributed by atoms with Gasteiger partial charge in [0.25, 0.3) is 0 Å². The Morgan fingerprint density at radius 1 is 1.30 bits per heavy atom. The van der Waals surface area contributed by atoms with Gasteiger partial charge in [0.05, 0.1) is 18.3 Å². The first-order chi connectivity index (χ1) is 12.6. The molecule has 0 heterocycles. The Morgan fingerprint density at radius 3 is 2.63 bits per heavy atom. The van der Waals surface area contributed by atoms with Crippen LogP contribution in [0.4, 0.5) is 10.1 Å². The molecule has 0 saturated heterocycles. The molecular formula is C17H17BrClFN2O4S. The van der Waals surface area contributed by atoms with Crippen molar-refractivity contribution in [2.75, 3.05) is 11.9 Å². The average molecular weight is 480 g/mol. The minimum absolute atomic E-state index is 0.0630. The fourth-order valence-electron chi connectivity index (χ4n) is 2.15. The van der Waals surface area contributed by atoms with Crippen molar-refractivity contribution in [3.63, 3.8) is 0 Å². The van der Waals surface area contributed by atoms with Crippen LogP contribution < -0.4 is 14.8 Å². The molecule has 27 heavy (non-hydrogen) atoms. The summed E-state index contributed by atoms with van der Waals surface area (Å²) in [4.78, 5) is 12.1. The van der Waals surface area contributed by atoms with Crippen molar-refractivity contribution >= 4 is 49.1 Å². The first kappa shape index (κ1) is 21.6. The van der Waals surface area contributed by atoms with Crippen molar-refractivity contribution in [3.8, 4) is 5.75 Å². The lowest BCUT2D eigenvalue weighted by Gasteiger charge is -2.17. The highest BCUT2D eigenvalue weighted by Gasteiger charge is 2.26. The fourth-order valence-corrected chi connectivity index (χ4v) is 4.09. The molecule has 0 aliphatic rings. The highest BCUT2D eigenvalue weighted by molar-refractivity contribution is 9.10. The molecule has 6 nitrogen and oxygen atoms in total. The summed E-state index contributed by atoms with van der Waals surface area (Å²) >= 11 is 9.00. The van der Waals surface area contributed by atoms with Crippen LogP contribution in [0.2, 0.25) is 5.02 Å². The van der Waals surface area contributed by atoms with Gasteiger partial charge in [-0.1, -0.05) is 27.5 Å². The number of amides is 1. The maximum atomic E-state index is 13.8. The Labute approximate surface area is 170 Å². The molecule has 0 aromatic heterocycles. The van der Waals surface area contributed by atoms with Gasteiger partial charge in [-0.05, 0) is 50.2 Å². The highest BCUT2D eigenvalue weighted by Crippen LogP contribution is 2.27. The molecule has 0 bridgehead atoms.